The van der Waals surface area contributed by atoms with E-state index in [2.05, 4.69) is 9.37 Å². The van der Waals surface area contributed by atoms with E-state index in [1.165, 1.54) is 18.2 Å². The van der Waals surface area contributed by atoms with E-state index < -0.39 is 35.6 Å². The molecule has 0 fully saturated rings. The van der Waals surface area contributed by atoms with E-state index in [0.29, 0.717) is 0 Å². The van der Waals surface area contributed by atoms with Crippen molar-refractivity contribution >= 4 is 12.0 Å². The minimum Gasteiger partial charge on any atom is -0.220 e. The molecule has 0 aromatic heterocycles. The molecule has 0 atom stereocenters. The van der Waals surface area contributed by atoms with Crippen LogP contribution in [0.15, 0.2) is 30.3 Å². The van der Waals surface area contributed by atoms with Gasteiger partial charge in [-0.25, -0.2) is 5.26 Å². The Morgan fingerprint density at radius 3 is 1.85 bits per heavy atom. The Kier molecular flexibility index (Phi) is 5.30. The molecule has 0 amide bonds. The molecule has 0 saturated heterocycles. The maximum atomic E-state index is 12.9. The molecule has 10 heteroatoms. The molecular formula is C10H8F6O3S. The third-order valence-corrected chi connectivity index (χ3v) is 3.44. The number of rotatable bonds is 5. The summed E-state index contributed by atoms with van der Waals surface area (Å²) in [7, 11) is 0. The topological polar surface area (TPSA) is 38.7 Å². The van der Waals surface area contributed by atoms with Gasteiger partial charge >= 0.3 is 12.4 Å². The number of halogens is 6. The predicted molar refractivity (Wildman–Crippen MR) is 57.4 cm³/mol. The first-order chi connectivity index (χ1) is 9.14. The minimum absolute atomic E-state index is 0.198. The van der Waals surface area contributed by atoms with Crippen LogP contribution < -0.4 is 0 Å². The highest BCUT2D eigenvalue weighted by Crippen LogP contribution is 2.54. The summed E-state index contributed by atoms with van der Waals surface area (Å²) in [5.41, 5.74) is -0.198. The maximum Gasteiger partial charge on any atom is 0.414 e. The van der Waals surface area contributed by atoms with E-state index in [1.807, 2.05) is 0 Å². The summed E-state index contributed by atoms with van der Waals surface area (Å²) in [5.74, 6) is 0. The zero-order valence-electron chi connectivity index (χ0n) is 9.53. The van der Waals surface area contributed by atoms with Crippen molar-refractivity contribution in [1.29, 1.82) is 0 Å². The zero-order chi connectivity index (χ0) is 15.4. The first-order valence-electron chi connectivity index (χ1n) is 4.97. The van der Waals surface area contributed by atoms with Gasteiger partial charge in [-0.3, -0.25) is 0 Å². The van der Waals surface area contributed by atoms with Crippen molar-refractivity contribution in [1.82, 2.24) is 0 Å². The van der Waals surface area contributed by atoms with Crippen LogP contribution in [0.1, 0.15) is 5.56 Å². The van der Waals surface area contributed by atoms with Crippen molar-refractivity contribution in [2.75, 3.05) is 0 Å². The standard InChI is InChI=1S/C10H8F6O3S/c11-9(12,13)8(10(14,15)16,20-19-18-17)6-7-4-2-1-3-5-7/h1-5,17H,6H2. The van der Waals surface area contributed by atoms with Crippen LogP contribution in [0.5, 0.6) is 0 Å². The fourth-order valence-electron chi connectivity index (χ4n) is 1.44. The van der Waals surface area contributed by atoms with Crippen LogP contribution in [0.25, 0.3) is 0 Å². The molecule has 0 unspecified atom stereocenters. The third kappa shape index (κ3) is 3.57. The average molecular weight is 322 g/mol. The van der Waals surface area contributed by atoms with E-state index in [9.17, 15) is 26.3 Å². The fraction of sp³-hybridized carbons (Fsp3) is 0.400. The lowest BCUT2D eigenvalue weighted by atomic mass is 9.97. The first kappa shape index (κ1) is 17.1. The van der Waals surface area contributed by atoms with Crippen molar-refractivity contribution in [3.63, 3.8) is 0 Å². The van der Waals surface area contributed by atoms with Crippen LogP contribution in [0, 0.1) is 0 Å². The maximum absolute atomic E-state index is 12.9. The highest BCUT2D eigenvalue weighted by molar-refractivity contribution is 7.96. The predicted octanol–water partition coefficient (Wildman–Crippen LogP) is 4.16. The Balaban J connectivity index is 3.23. The minimum atomic E-state index is -5.68. The van der Waals surface area contributed by atoms with E-state index in [0.717, 1.165) is 12.1 Å². The molecule has 0 radical (unpaired) electrons. The number of benzene rings is 1. The van der Waals surface area contributed by atoms with Crippen molar-refractivity contribution < 1.29 is 41.0 Å². The number of hydrogen-bond acceptors (Lipinski definition) is 4. The van der Waals surface area contributed by atoms with E-state index in [1.54, 1.807) is 0 Å². The van der Waals surface area contributed by atoms with E-state index >= 15 is 0 Å². The van der Waals surface area contributed by atoms with Crippen LogP contribution in [-0.2, 0) is 15.8 Å². The second kappa shape index (κ2) is 6.20. The van der Waals surface area contributed by atoms with Gasteiger partial charge in [0.2, 0.25) is 4.75 Å². The van der Waals surface area contributed by atoms with Crippen molar-refractivity contribution in [3.05, 3.63) is 35.9 Å². The first-order valence-corrected chi connectivity index (χ1v) is 5.71. The Bertz CT molecular complexity index is 405. The monoisotopic (exact) mass is 322 g/mol. The lowest BCUT2D eigenvalue weighted by Crippen LogP contribution is -2.55. The van der Waals surface area contributed by atoms with E-state index in [4.69, 9.17) is 5.26 Å². The Morgan fingerprint density at radius 2 is 1.45 bits per heavy atom. The van der Waals surface area contributed by atoms with Crippen molar-refractivity contribution in [2.45, 2.75) is 23.5 Å². The summed E-state index contributed by atoms with van der Waals surface area (Å²) in [5, 5.41) is 10.7. The molecule has 3 nitrogen and oxygen atoms in total. The van der Waals surface area contributed by atoms with Gasteiger partial charge in [0, 0.05) is 6.42 Å². The zero-order valence-corrected chi connectivity index (χ0v) is 10.4. The summed E-state index contributed by atoms with van der Waals surface area (Å²) in [6, 6.07) is 6.30. The van der Waals surface area contributed by atoms with Crippen molar-refractivity contribution in [2.24, 2.45) is 0 Å². The summed E-state index contributed by atoms with van der Waals surface area (Å²) >= 11 is -1.04. The summed E-state index contributed by atoms with van der Waals surface area (Å²) in [6.07, 6.45) is -12.8. The number of hydrogen-bond donors (Lipinski definition) is 1. The third-order valence-electron chi connectivity index (χ3n) is 2.42. The molecule has 0 aliphatic heterocycles. The van der Waals surface area contributed by atoms with Gasteiger partial charge in [0.15, 0.2) is 0 Å². The normalized spacial score (nSPS) is 13.6. The van der Waals surface area contributed by atoms with Crippen LogP contribution in [0.2, 0.25) is 0 Å². The van der Waals surface area contributed by atoms with Gasteiger partial charge in [-0.1, -0.05) is 35.4 Å². The van der Waals surface area contributed by atoms with Gasteiger partial charge < -0.3 is 0 Å². The van der Waals surface area contributed by atoms with Crippen LogP contribution in [0.3, 0.4) is 0 Å². The summed E-state index contributed by atoms with van der Waals surface area (Å²) in [6.45, 7) is 0. The molecule has 20 heavy (non-hydrogen) atoms. The smallest absolute Gasteiger partial charge is 0.220 e. The van der Waals surface area contributed by atoms with Crippen LogP contribution in [-0.4, -0.2) is 22.4 Å². The molecule has 0 aliphatic carbocycles. The summed E-state index contributed by atoms with van der Waals surface area (Å²) < 4.78 is 76.7. The van der Waals surface area contributed by atoms with Gasteiger partial charge in [0.25, 0.3) is 0 Å². The van der Waals surface area contributed by atoms with Gasteiger partial charge in [-0.2, -0.15) is 26.3 Å². The molecule has 1 N–H and O–H groups in total. The highest BCUT2D eigenvalue weighted by atomic mass is 32.2. The molecular weight excluding hydrogens is 314 g/mol. The summed E-state index contributed by atoms with van der Waals surface area (Å²) in [4.78, 5) is 0. The van der Waals surface area contributed by atoms with Gasteiger partial charge in [0.05, 0.1) is 12.0 Å². The molecule has 0 bridgehead atoms. The molecule has 1 aromatic carbocycles. The molecule has 1 rings (SSSR count). The second-order valence-corrected chi connectivity index (χ2v) is 4.71. The molecule has 0 aliphatic rings. The Morgan fingerprint density at radius 1 is 0.950 bits per heavy atom. The molecule has 0 heterocycles. The molecule has 0 spiro atoms. The Hall–Kier alpha value is -0.970. The van der Waals surface area contributed by atoms with Crippen LogP contribution >= 0.6 is 12.0 Å². The number of alkyl halides is 6. The largest absolute Gasteiger partial charge is 0.414 e. The fourth-order valence-corrected chi connectivity index (χ4v) is 2.00. The van der Waals surface area contributed by atoms with Gasteiger partial charge in [-0.05, 0) is 5.56 Å². The average Bonchev–Trinajstić information content (AvgIpc) is 2.32. The Labute approximate surface area is 113 Å². The lowest BCUT2D eigenvalue weighted by Gasteiger charge is -2.34. The molecule has 1 aromatic rings. The van der Waals surface area contributed by atoms with Gasteiger partial charge in [-0.15, -0.1) is 4.33 Å². The lowest BCUT2D eigenvalue weighted by molar-refractivity contribution is -0.434. The van der Waals surface area contributed by atoms with Crippen LogP contribution in [0.4, 0.5) is 26.3 Å². The highest BCUT2D eigenvalue weighted by Gasteiger charge is 2.72. The molecule has 0 saturated carbocycles. The second-order valence-electron chi connectivity index (χ2n) is 3.71. The van der Waals surface area contributed by atoms with Crippen molar-refractivity contribution in [3.8, 4) is 0 Å². The van der Waals surface area contributed by atoms with Gasteiger partial charge in [0.1, 0.15) is 0 Å². The van der Waals surface area contributed by atoms with E-state index in [-0.39, 0.29) is 5.56 Å². The quantitative estimate of drug-likeness (QED) is 0.382. The molecule has 114 valence electrons. The SMILES string of the molecule is OOOSC(Cc1ccccc1)(C(F)(F)F)C(F)(F)F.